The summed E-state index contributed by atoms with van der Waals surface area (Å²) in [6.07, 6.45) is -1.16. The van der Waals surface area contributed by atoms with E-state index < -0.39 is 18.2 Å². The first-order valence-electron chi connectivity index (χ1n) is 5.75. The third-order valence-corrected chi connectivity index (χ3v) is 3.64. The van der Waals surface area contributed by atoms with Crippen LogP contribution in [0.3, 0.4) is 0 Å². The molecule has 0 bridgehead atoms. The van der Waals surface area contributed by atoms with Crippen LogP contribution in [0.4, 0.5) is 4.79 Å². The number of rotatable bonds is 3. The van der Waals surface area contributed by atoms with Crippen LogP contribution in [0.15, 0.2) is 0 Å². The summed E-state index contributed by atoms with van der Waals surface area (Å²) in [6, 6.07) is -0.422. The maximum absolute atomic E-state index is 11.3. The summed E-state index contributed by atoms with van der Waals surface area (Å²) in [5.74, 6) is 0.116. The summed E-state index contributed by atoms with van der Waals surface area (Å²) in [5, 5.41) is 21.9. The van der Waals surface area contributed by atoms with Gasteiger partial charge in [0.15, 0.2) is 0 Å². The van der Waals surface area contributed by atoms with Gasteiger partial charge in [-0.15, -0.1) is 0 Å². The van der Waals surface area contributed by atoms with E-state index in [1.54, 1.807) is 6.92 Å². The van der Waals surface area contributed by atoms with Crippen LogP contribution in [-0.4, -0.2) is 41.7 Å². The number of hydrogen-bond donors (Lipinski definition) is 3. The lowest BCUT2D eigenvalue weighted by Gasteiger charge is -2.22. The molecule has 0 radical (unpaired) electrons. The Morgan fingerprint density at radius 2 is 2.00 bits per heavy atom. The molecule has 5 nitrogen and oxygen atoms in total. The summed E-state index contributed by atoms with van der Waals surface area (Å²) >= 11 is 0. The lowest BCUT2D eigenvalue weighted by molar-refractivity contribution is 0.0871. The standard InChI is InChI=1S/C11H21NO4/c1-4-16-11(15)12-9-8(5-13)6(2)7(3)10(9)14/h6-10,13-14H,4-5H2,1-3H3,(H,12,15)/t6-,7-,8+,9-,10+/m0/s1. The Hall–Kier alpha value is -0.810. The van der Waals surface area contributed by atoms with Gasteiger partial charge in [0, 0.05) is 12.5 Å². The number of amides is 1. The van der Waals surface area contributed by atoms with Crippen LogP contribution >= 0.6 is 0 Å². The van der Waals surface area contributed by atoms with Gasteiger partial charge in [0.25, 0.3) is 0 Å². The van der Waals surface area contributed by atoms with Gasteiger partial charge in [-0.3, -0.25) is 0 Å². The van der Waals surface area contributed by atoms with E-state index in [9.17, 15) is 15.0 Å². The van der Waals surface area contributed by atoms with E-state index >= 15 is 0 Å². The lowest BCUT2D eigenvalue weighted by Crippen LogP contribution is -2.46. The van der Waals surface area contributed by atoms with Crippen LogP contribution < -0.4 is 5.32 Å². The van der Waals surface area contributed by atoms with Crippen molar-refractivity contribution in [1.29, 1.82) is 0 Å². The highest BCUT2D eigenvalue weighted by Crippen LogP contribution is 2.36. The summed E-state index contributed by atoms with van der Waals surface area (Å²) in [6.45, 7) is 5.87. The maximum atomic E-state index is 11.3. The second kappa shape index (κ2) is 5.50. The van der Waals surface area contributed by atoms with Crippen molar-refractivity contribution in [2.75, 3.05) is 13.2 Å². The van der Waals surface area contributed by atoms with E-state index in [0.29, 0.717) is 6.61 Å². The van der Waals surface area contributed by atoms with E-state index in [4.69, 9.17) is 4.74 Å². The highest BCUT2D eigenvalue weighted by Gasteiger charge is 2.46. The molecule has 0 unspecified atom stereocenters. The molecule has 0 saturated heterocycles. The lowest BCUT2D eigenvalue weighted by atomic mass is 9.92. The van der Waals surface area contributed by atoms with E-state index in [2.05, 4.69) is 5.32 Å². The van der Waals surface area contributed by atoms with Crippen molar-refractivity contribution in [3.63, 3.8) is 0 Å². The quantitative estimate of drug-likeness (QED) is 0.655. The van der Waals surface area contributed by atoms with E-state index in [1.807, 2.05) is 13.8 Å². The number of carbonyl (C=O) groups is 1. The molecular weight excluding hydrogens is 210 g/mol. The zero-order valence-electron chi connectivity index (χ0n) is 10.0. The number of alkyl carbamates (subject to hydrolysis) is 1. The molecule has 0 heterocycles. The fraction of sp³-hybridized carbons (Fsp3) is 0.909. The van der Waals surface area contributed by atoms with Crippen LogP contribution in [0, 0.1) is 17.8 Å². The van der Waals surface area contributed by atoms with Crippen molar-refractivity contribution < 1.29 is 19.7 Å². The number of hydrogen-bond acceptors (Lipinski definition) is 4. The van der Waals surface area contributed by atoms with Crippen molar-refractivity contribution in [1.82, 2.24) is 5.32 Å². The highest BCUT2D eigenvalue weighted by molar-refractivity contribution is 5.67. The molecule has 0 aromatic heterocycles. The van der Waals surface area contributed by atoms with Gasteiger partial charge in [0.2, 0.25) is 0 Å². The molecule has 5 heteroatoms. The molecule has 1 aliphatic carbocycles. The average Bonchev–Trinajstić information content (AvgIpc) is 2.44. The zero-order chi connectivity index (χ0) is 12.3. The predicted molar refractivity (Wildman–Crippen MR) is 58.9 cm³/mol. The van der Waals surface area contributed by atoms with Crippen LogP contribution in [0.1, 0.15) is 20.8 Å². The number of aliphatic hydroxyl groups excluding tert-OH is 2. The van der Waals surface area contributed by atoms with Gasteiger partial charge in [0.05, 0.1) is 18.8 Å². The molecule has 0 aromatic rings. The highest BCUT2D eigenvalue weighted by atomic mass is 16.5. The largest absolute Gasteiger partial charge is 0.450 e. The number of carbonyl (C=O) groups excluding carboxylic acids is 1. The zero-order valence-corrected chi connectivity index (χ0v) is 10.0. The van der Waals surface area contributed by atoms with Crippen molar-refractivity contribution >= 4 is 6.09 Å². The van der Waals surface area contributed by atoms with Crippen LogP contribution in [0.2, 0.25) is 0 Å². The molecule has 1 saturated carbocycles. The molecular formula is C11H21NO4. The van der Waals surface area contributed by atoms with Crippen molar-refractivity contribution in [2.24, 2.45) is 17.8 Å². The SMILES string of the molecule is CCOC(=O)N[C@@H]1[C@H](O)[C@@H](C)[C@H](C)[C@H]1CO. The van der Waals surface area contributed by atoms with Gasteiger partial charge < -0.3 is 20.3 Å². The molecule has 1 amide bonds. The Labute approximate surface area is 95.8 Å². The molecule has 94 valence electrons. The van der Waals surface area contributed by atoms with Crippen LogP contribution in [0.5, 0.6) is 0 Å². The average molecular weight is 231 g/mol. The summed E-state index contributed by atoms with van der Waals surface area (Å²) in [4.78, 5) is 11.3. The summed E-state index contributed by atoms with van der Waals surface area (Å²) < 4.78 is 4.77. The van der Waals surface area contributed by atoms with E-state index in [0.717, 1.165) is 0 Å². The Bertz CT molecular complexity index is 246. The van der Waals surface area contributed by atoms with Crippen LogP contribution in [0.25, 0.3) is 0 Å². The molecule has 0 aromatic carbocycles. The van der Waals surface area contributed by atoms with Crippen molar-refractivity contribution in [3.05, 3.63) is 0 Å². The second-order valence-electron chi connectivity index (χ2n) is 4.45. The topological polar surface area (TPSA) is 78.8 Å². The third kappa shape index (κ3) is 2.47. The van der Waals surface area contributed by atoms with Gasteiger partial charge in [-0.05, 0) is 18.8 Å². The van der Waals surface area contributed by atoms with E-state index in [1.165, 1.54) is 0 Å². The minimum Gasteiger partial charge on any atom is -0.450 e. The number of ether oxygens (including phenoxy) is 1. The Morgan fingerprint density at radius 3 is 2.50 bits per heavy atom. The Balaban J connectivity index is 2.66. The summed E-state index contributed by atoms with van der Waals surface area (Å²) in [7, 11) is 0. The fourth-order valence-corrected chi connectivity index (χ4v) is 2.39. The van der Waals surface area contributed by atoms with Gasteiger partial charge in [-0.1, -0.05) is 13.8 Å². The molecule has 1 rings (SSSR count). The van der Waals surface area contributed by atoms with Gasteiger partial charge in [0.1, 0.15) is 0 Å². The first-order chi connectivity index (χ1) is 7.52. The molecule has 1 fully saturated rings. The first kappa shape index (κ1) is 13.3. The van der Waals surface area contributed by atoms with Crippen molar-refractivity contribution in [3.8, 4) is 0 Å². The van der Waals surface area contributed by atoms with E-state index in [-0.39, 0.29) is 24.4 Å². The third-order valence-electron chi connectivity index (χ3n) is 3.64. The number of nitrogens with one attached hydrogen (secondary N) is 1. The molecule has 0 aliphatic heterocycles. The van der Waals surface area contributed by atoms with Crippen molar-refractivity contribution in [2.45, 2.75) is 32.9 Å². The number of aliphatic hydroxyl groups is 2. The van der Waals surface area contributed by atoms with Crippen LogP contribution in [-0.2, 0) is 4.74 Å². The van der Waals surface area contributed by atoms with Gasteiger partial charge >= 0.3 is 6.09 Å². The monoisotopic (exact) mass is 231 g/mol. The Kier molecular flexibility index (Phi) is 4.56. The van der Waals surface area contributed by atoms with Gasteiger partial charge in [-0.2, -0.15) is 0 Å². The second-order valence-corrected chi connectivity index (χ2v) is 4.45. The predicted octanol–water partition coefficient (Wildman–Crippen LogP) is 0.356. The normalized spacial score (nSPS) is 38.4. The smallest absolute Gasteiger partial charge is 0.407 e. The summed E-state index contributed by atoms with van der Waals surface area (Å²) in [5.41, 5.74) is 0. The molecule has 5 atom stereocenters. The first-order valence-corrected chi connectivity index (χ1v) is 5.75. The van der Waals surface area contributed by atoms with Gasteiger partial charge in [-0.25, -0.2) is 4.79 Å². The molecule has 16 heavy (non-hydrogen) atoms. The fourth-order valence-electron chi connectivity index (χ4n) is 2.39. The molecule has 3 N–H and O–H groups in total. The molecule has 1 aliphatic rings. The maximum Gasteiger partial charge on any atom is 0.407 e. The minimum atomic E-state index is -0.628. The molecule has 0 spiro atoms. The Morgan fingerprint density at radius 1 is 1.38 bits per heavy atom. The minimum absolute atomic E-state index is 0.0420.